The zero-order valence-corrected chi connectivity index (χ0v) is 16.6. The predicted octanol–water partition coefficient (Wildman–Crippen LogP) is 5.52. The van der Waals surface area contributed by atoms with E-state index in [1.54, 1.807) is 23.1 Å². The Bertz CT molecular complexity index is 1070. The van der Waals surface area contributed by atoms with Crippen LogP contribution in [0.15, 0.2) is 39.9 Å². The summed E-state index contributed by atoms with van der Waals surface area (Å²) in [5.74, 6) is 1.99. The Kier molecular flexibility index (Phi) is 4.50. The molecule has 1 aromatic carbocycles. The molecular weight excluding hydrogens is 364 g/mol. The van der Waals surface area contributed by atoms with E-state index in [2.05, 4.69) is 40.9 Å². The molecular formula is C19H18N4OS2. The van der Waals surface area contributed by atoms with Crippen LogP contribution in [0.5, 0.6) is 0 Å². The van der Waals surface area contributed by atoms with Gasteiger partial charge in [-0.2, -0.15) is 4.98 Å². The van der Waals surface area contributed by atoms with E-state index in [1.165, 1.54) is 10.4 Å². The number of thioether (sulfide) groups is 1. The minimum Gasteiger partial charge on any atom is -0.338 e. The van der Waals surface area contributed by atoms with Crippen LogP contribution in [0.4, 0.5) is 0 Å². The lowest BCUT2D eigenvalue weighted by molar-refractivity contribution is 0.381. The first-order chi connectivity index (χ1) is 12.5. The van der Waals surface area contributed by atoms with Crippen molar-refractivity contribution in [3.8, 4) is 11.4 Å². The summed E-state index contributed by atoms with van der Waals surface area (Å²) in [4.78, 5) is 16.1. The van der Waals surface area contributed by atoms with Gasteiger partial charge in [0.1, 0.15) is 15.7 Å². The molecule has 1 atom stereocenters. The number of rotatable bonds is 4. The van der Waals surface area contributed by atoms with Crippen LogP contribution in [0.25, 0.3) is 21.6 Å². The largest absolute Gasteiger partial charge is 0.338 e. The molecule has 0 aliphatic heterocycles. The standard InChI is InChI=1S/C19H18N4OS2/c1-10-11(2)25-18-15(10)19(21-13(4)20-18)26-12(3)17-22-16(23-24-17)14-8-6-5-7-9-14/h5-9,12H,1-4H3. The highest BCUT2D eigenvalue weighted by molar-refractivity contribution is 7.99. The SMILES string of the molecule is Cc1nc(SC(C)c2nc(-c3ccccc3)no2)c2c(C)c(C)sc2n1. The lowest BCUT2D eigenvalue weighted by Crippen LogP contribution is -1.95. The number of aryl methyl sites for hydroxylation is 3. The fourth-order valence-electron chi connectivity index (χ4n) is 2.72. The zero-order valence-electron chi connectivity index (χ0n) is 15.0. The second-order valence-corrected chi connectivity index (χ2v) is 8.65. The van der Waals surface area contributed by atoms with Crippen LogP contribution < -0.4 is 0 Å². The van der Waals surface area contributed by atoms with Crippen molar-refractivity contribution in [2.24, 2.45) is 0 Å². The van der Waals surface area contributed by atoms with E-state index >= 15 is 0 Å². The van der Waals surface area contributed by atoms with E-state index in [0.29, 0.717) is 11.7 Å². The highest BCUT2D eigenvalue weighted by atomic mass is 32.2. The van der Waals surface area contributed by atoms with Gasteiger partial charge in [-0.3, -0.25) is 0 Å². The molecule has 0 aliphatic carbocycles. The van der Waals surface area contributed by atoms with Crippen LogP contribution in [-0.4, -0.2) is 20.1 Å². The van der Waals surface area contributed by atoms with Gasteiger partial charge >= 0.3 is 0 Å². The Morgan fingerprint density at radius 1 is 1.04 bits per heavy atom. The monoisotopic (exact) mass is 382 g/mol. The zero-order chi connectivity index (χ0) is 18.3. The molecule has 3 heterocycles. The molecule has 3 aromatic heterocycles. The number of hydrogen-bond acceptors (Lipinski definition) is 7. The number of hydrogen-bond donors (Lipinski definition) is 0. The molecule has 0 bridgehead atoms. The summed E-state index contributed by atoms with van der Waals surface area (Å²) in [7, 11) is 0. The van der Waals surface area contributed by atoms with E-state index in [-0.39, 0.29) is 5.25 Å². The number of nitrogens with zero attached hydrogens (tertiary/aromatic N) is 4. The third-order valence-electron chi connectivity index (χ3n) is 4.22. The molecule has 0 fully saturated rings. The summed E-state index contributed by atoms with van der Waals surface area (Å²) in [6.45, 7) is 8.24. The molecule has 5 nitrogen and oxygen atoms in total. The van der Waals surface area contributed by atoms with E-state index in [1.807, 2.05) is 37.3 Å². The van der Waals surface area contributed by atoms with Gasteiger partial charge in [0.05, 0.1) is 5.25 Å². The van der Waals surface area contributed by atoms with Gasteiger partial charge in [0.15, 0.2) is 0 Å². The van der Waals surface area contributed by atoms with Crippen molar-refractivity contribution in [1.82, 2.24) is 20.1 Å². The average Bonchev–Trinajstić information content (AvgIpc) is 3.21. The summed E-state index contributed by atoms with van der Waals surface area (Å²) in [6.07, 6.45) is 0. The Morgan fingerprint density at radius 2 is 1.81 bits per heavy atom. The summed E-state index contributed by atoms with van der Waals surface area (Å²) in [5, 5.41) is 6.23. The second-order valence-electron chi connectivity index (χ2n) is 6.12. The van der Waals surface area contributed by atoms with Crippen molar-refractivity contribution < 1.29 is 4.52 Å². The first-order valence-electron chi connectivity index (χ1n) is 8.33. The normalized spacial score (nSPS) is 12.6. The third-order valence-corrected chi connectivity index (χ3v) is 6.39. The van der Waals surface area contributed by atoms with E-state index in [4.69, 9.17) is 4.52 Å². The van der Waals surface area contributed by atoms with Crippen LogP contribution in [0.1, 0.15) is 34.3 Å². The van der Waals surface area contributed by atoms with Crippen LogP contribution in [0.3, 0.4) is 0 Å². The van der Waals surface area contributed by atoms with Crippen molar-refractivity contribution in [3.63, 3.8) is 0 Å². The van der Waals surface area contributed by atoms with Crippen molar-refractivity contribution in [2.45, 2.75) is 38.0 Å². The van der Waals surface area contributed by atoms with Gasteiger partial charge in [-0.25, -0.2) is 9.97 Å². The van der Waals surface area contributed by atoms with Gasteiger partial charge in [0, 0.05) is 15.8 Å². The minimum atomic E-state index is -0.00271. The first kappa shape index (κ1) is 17.2. The number of aromatic nitrogens is 4. The average molecular weight is 383 g/mol. The molecule has 0 aliphatic rings. The third kappa shape index (κ3) is 3.12. The fourth-order valence-corrected chi connectivity index (χ4v) is 4.95. The molecule has 0 saturated heterocycles. The first-order valence-corrected chi connectivity index (χ1v) is 10.0. The van der Waals surface area contributed by atoms with Crippen LogP contribution >= 0.6 is 23.1 Å². The van der Waals surface area contributed by atoms with Gasteiger partial charge in [0.2, 0.25) is 11.7 Å². The molecule has 26 heavy (non-hydrogen) atoms. The molecule has 132 valence electrons. The smallest absolute Gasteiger partial charge is 0.240 e. The Balaban J connectivity index is 1.66. The van der Waals surface area contributed by atoms with Gasteiger partial charge in [-0.05, 0) is 33.3 Å². The Labute approximate surface area is 159 Å². The summed E-state index contributed by atoms with van der Waals surface area (Å²) < 4.78 is 5.51. The van der Waals surface area contributed by atoms with E-state index < -0.39 is 0 Å². The highest BCUT2D eigenvalue weighted by Crippen LogP contribution is 2.40. The van der Waals surface area contributed by atoms with E-state index in [9.17, 15) is 0 Å². The molecule has 4 aromatic rings. The van der Waals surface area contributed by atoms with Gasteiger partial charge in [-0.1, -0.05) is 47.3 Å². The number of fused-ring (bicyclic) bond motifs is 1. The lowest BCUT2D eigenvalue weighted by Gasteiger charge is -2.08. The van der Waals surface area contributed by atoms with Crippen molar-refractivity contribution in [3.05, 3.63) is 52.5 Å². The Morgan fingerprint density at radius 3 is 2.58 bits per heavy atom. The molecule has 1 unspecified atom stereocenters. The molecule has 4 rings (SSSR count). The summed E-state index contributed by atoms with van der Waals surface area (Å²) in [5.41, 5.74) is 2.19. The number of benzene rings is 1. The molecule has 0 spiro atoms. The van der Waals surface area contributed by atoms with Crippen LogP contribution in [0, 0.1) is 20.8 Å². The van der Waals surface area contributed by atoms with Crippen molar-refractivity contribution >= 4 is 33.3 Å². The minimum absolute atomic E-state index is 0.00271. The molecule has 0 N–H and O–H groups in total. The topological polar surface area (TPSA) is 64.7 Å². The Hall–Kier alpha value is -2.25. The van der Waals surface area contributed by atoms with Gasteiger partial charge in [0.25, 0.3) is 0 Å². The molecule has 0 saturated carbocycles. The summed E-state index contributed by atoms with van der Waals surface area (Å²) in [6, 6.07) is 9.84. The predicted molar refractivity (Wildman–Crippen MR) is 106 cm³/mol. The molecule has 0 radical (unpaired) electrons. The van der Waals surface area contributed by atoms with Gasteiger partial charge in [-0.15, -0.1) is 11.3 Å². The quantitative estimate of drug-likeness (QED) is 0.342. The second kappa shape index (κ2) is 6.81. The van der Waals surface area contributed by atoms with Crippen molar-refractivity contribution in [1.29, 1.82) is 0 Å². The fraction of sp³-hybridized carbons (Fsp3) is 0.263. The van der Waals surface area contributed by atoms with Crippen molar-refractivity contribution in [2.75, 3.05) is 0 Å². The highest BCUT2D eigenvalue weighted by Gasteiger charge is 2.21. The maximum absolute atomic E-state index is 5.51. The lowest BCUT2D eigenvalue weighted by atomic mass is 10.2. The maximum atomic E-state index is 5.51. The summed E-state index contributed by atoms with van der Waals surface area (Å²) >= 11 is 3.35. The van der Waals surface area contributed by atoms with Gasteiger partial charge < -0.3 is 4.52 Å². The van der Waals surface area contributed by atoms with Crippen LogP contribution in [-0.2, 0) is 0 Å². The molecule has 0 amide bonds. The maximum Gasteiger partial charge on any atom is 0.240 e. The van der Waals surface area contributed by atoms with Crippen LogP contribution in [0.2, 0.25) is 0 Å². The molecule has 7 heteroatoms. The van der Waals surface area contributed by atoms with E-state index in [0.717, 1.165) is 26.6 Å². The number of thiophene rings is 1.